The Morgan fingerprint density at radius 3 is 2.27 bits per heavy atom. The standard InChI is InChI=1S/C14H22N2O5S/c1-12(17)16(9-8-15-22(3,18)19)10-11-21-14-6-4-13(20-2)5-7-14/h4-7,15H,8-11H2,1-3H3. The van der Waals surface area contributed by atoms with Gasteiger partial charge in [-0.1, -0.05) is 0 Å². The van der Waals surface area contributed by atoms with Gasteiger partial charge in [0.05, 0.1) is 19.9 Å². The van der Waals surface area contributed by atoms with Crippen LogP contribution in [0.2, 0.25) is 0 Å². The number of carbonyl (C=O) groups is 1. The zero-order valence-corrected chi connectivity index (χ0v) is 13.9. The summed E-state index contributed by atoms with van der Waals surface area (Å²) in [4.78, 5) is 13.0. The van der Waals surface area contributed by atoms with Crippen molar-refractivity contribution in [3.05, 3.63) is 24.3 Å². The fraction of sp³-hybridized carbons (Fsp3) is 0.500. The quantitative estimate of drug-likeness (QED) is 0.711. The highest BCUT2D eigenvalue weighted by molar-refractivity contribution is 7.88. The molecule has 1 amide bonds. The maximum atomic E-state index is 11.5. The summed E-state index contributed by atoms with van der Waals surface area (Å²) in [5.41, 5.74) is 0. The van der Waals surface area contributed by atoms with Gasteiger partial charge in [-0.25, -0.2) is 13.1 Å². The third-order valence-corrected chi connectivity index (χ3v) is 3.61. The predicted molar refractivity (Wildman–Crippen MR) is 83.6 cm³/mol. The lowest BCUT2D eigenvalue weighted by molar-refractivity contribution is -0.129. The van der Waals surface area contributed by atoms with Crippen LogP contribution in [-0.4, -0.2) is 58.8 Å². The Kier molecular flexibility index (Phi) is 7.13. The molecule has 0 atom stereocenters. The van der Waals surface area contributed by atoms with E-state index in [9.17, 15) is 13.2 Å². The van der Waals surface area contributed by atoms with Crippen molar-refractivity contribution in [2.45, 2.75) is 6.92 Å². The number of hydrogen-bond acceptors (Lipinski definition) is 5. The lowest BCUT2D eigenvalue weighted by atomic mass is 10.3. The molecular weight excluding hydrogens is 308 g/mol. The van der Waals surface area contributed by atoms with E-state index in [2.05, 4.69) is 4.72 Å². The van der Waals surface area contributed by atoms with Gasteiger partial charge in [0.15, 0.2) is 0 Å². The third kappa shape index (κ3) is 7.28. The average Bonchev–Trinajstić information content (AvgIpc) is 2.45. The van der Waals surface area contributed by atoms with Crippen molar-refractivity contribution in [1.82, 2.24) is 9.62 Å². The van der Waals surface area contributed by atoms with Crippen LogP contribution in [0.5, 0.6) is 11.5 Å². The second kappa shape index (κ2) is 8.60. The number of carbonyl (C=O) groups excluding carboxylic acids is 1. The molecule has 0 saturated carbocycles. The van der Waals surface area contributed by atoms with Gasteiger partial charge >= 0.3 is 0 Å². The van der Waals surface area contributed by atoms with Gasteiger partial charge < -0.3 is 14.4 Å². The molecule has 0 fully saturated rings. The molecule has 1 N–H and O–H groups in total. The molecule has 1 aromatic carbocycles. The number of benzene rings is 1. The van der Waals surface area contributed by atoms with Gasteiger partial charge in [-0.2, -0.15) is 0 Å². The summed E-state index contributed by atoms with van der Waals surface area (Å²) in [5, 5.41) is 0. The molecule has 124 valence electrons. The smallest absolute Gasteiger partial charge is 0.219 e. The molecule has 0 radical (unpaired) electrons. The Labute approximate surface area is 131 Å². The van der Waals surface area contributed by atoms with E-state index < -0.39 is 10.0 Å². The number of rotatable bonds is 9. The first-order valence-corrected chi connectivity index (χ1v) is 8.68. The van der Waals surface area contributed by atoms with Crippen molar-refractivity contribution in [1.29, 1.82) is 0 Å². The second-order valence-corrected chi connectivity index (χ2v) is 6.53. The van der Waals surface area contributed by atoms with Crippen LogP contribution in [0, 0.1) is 0 Å². The van der Waals surface area contributed by atoms with Crippen molar-refractivity contribution < 1.29 is 22.7 Å². The Hall–Kier alpha value is -1.80. The van der Waals surface area contributed by atoms with E-state index in [1.807, 2.05) is 0 Å². The Morgan fingerprint density at radius 1 is 1.18 bits per heavy atom. The van der Waals surface area contributed by atoms with Crippen molar-refractivity contribution in [2.24, 2.45) is 0 Å². The van der Waals surface area contributed by atoms with Gasteiger partial charge in [-0.3, -0.25) is 4.79 Å². The van der Waals surface area contributed by atoms with Gasteiger partial charge in [0, 0.05) is 20.0 Å². The summed E-state index contributed by atoms with van der Waals surface area (Å²) in [7, 11) is -1.66. The molecule has 0 aliphatic rings. The number of methoxy groups -OCH3 is 1. The van der Waals surface area contributed by atoms with Crippen LogP contribution in [0.1, 0.15) is 6.92 Å². The van der Waals surface area contributed by atoms with Crippen LogP contribution in [0.25, 0.3) is 0 Å². The zero-order chi connectivity index (χ0) is 16.6. The summed E-state index contributed by atoms with van der Waals surface area (Å²) in [6.07, 6.45) is 1.08. The van der Waals surface area contributed by atoms with Crippen molar-refractivity contribution in [3.8, 4) is 11.5 Å². The van der Waals surface area contributed by atoms with Crippen LogP contribution in [-0.2, 0) is 14.8 Å². The maximum Gasteiger partial charge on any atom is 0.219 e. The molecule has 7 nitrogen and oxygen atoms in total. The van der Waals surface area contributed by atoms with E-state index in [4.69, 9.17) is 9.47 Å². The van der Waals surface area contributed by atoms with Crippen molar-refractivity contribution in [2.75, 3.05) is 39.6 Å². The number of nitrogens with zero attached hydrogens (tertiary/aromatic N) is 1. The van der Waals surface area contributed by atoms with Crippen LogP contribution < -0.4 is 14.2 Å². The third-order valence-electron chi connectivity index (χ3n) is 2.88. The molecule has 0 unspecified atom stereocenters. The van der Waals surface area contributed by atoms with Crippen molar-refractivity contribution in [3.63, 3.8) is 0 Å². The van der Waals surface area contributed by atoms with Gasteiger partial charge in [0.25, 0.3) is 0 Å². The SMILES string of the molecule is COc1ccc(OCCN(CCNS(C)(=O)=O)C(C)=O)cc1. The van der Waals surface area contributed by atoms with E-state index in [1.54, 1.807) is 31.4 Å². The highest BCUT2D eigenvalue weighted by Gasteiger charge is 2.10. The predicted octanol–water partition coefficient (Wildman–Crippen LogP) is 0.472. The Balaban J connectivity index is 2.38. The first kappa shape index (κ1) is 18.2. The fourth-order valence-corrected chi connectivity index (χ4v) is 2.20. The Bertz CT molecular complexity index is 571. The van der Waals surface area contributed by atoms with Gasteiger partial charge in [0.2, 0.25) is 15.9 Å². The highest BCUT2D eigenvalue weighted by atomic mass is 32.2. The van der Waals surface area contributed by atoms with Crippen molar-refractivity contribution >= 4 is 15.9 Å². The molecule has 8 heteroatoms. The molecule has 1 rings (SSSR count). The first-order valence-electron chi connectivity index (χ1n) is 6.79. The van der Waals surface area contributed by atoms with E-state index in [0.29, 0.717) is 25.4 Å². The van der Waals surface area contributed by atoms with Gasteiger partial charge in [-0.05, 0) is 24.3 Å². The number of hydrogen-bond donors (Lipinski definition) is 1. The molecule has 0 spiro atoms. The number of nitrogens with one attached hydrogen (secondary N) is 1. The topological polar surface area (TPSA) is 84.9 Å². The van der Waals surface area contributed by atoms with Gasteiger partial charge in [-0.15, -0.1) is 0 Å². The van der Waals surface area contributed by atoms with Crippen LogP contribution in [0.15, 0.2) is 24.3 Å². The number of sulfonamides is 1. The molecular formula is C14H22N2O5S. The lowest BCUT2D eigenvalue weighted by Crippen LogP contribution is -2.39. The van der Waals surface area contributed by atoms with Crippen LogP contribution in [0.4, 0.5) is 0 Å². The van der Waals surface area contributed by atoms with E-state index in [0.717, 1.165) is 12.0 Å². The molecule has 0 heterocycles. The van der Waals surface area contributed by atoms with E-state index in [1.165, 1.54) is 11.8 Å². The molecule has 0 bridgehead atoms. The molecule has 0 saturated heterocycles. The summed E-state index contributed by atoms with van der Waals surface area (Å²) in [6.45, 7) is 2.63. The molecule has 0 aromatic heterocycles. The minimum absolute atomic E-state index is 0.131. The summed E-state index contributed by atoms with van der Waals surface area (Å²) >= 11 is 0. The van der Waals surface area contributed by atoms with Gasteiger partial charge in [0.1, 0.15) is 18.1 Å². The van der Waals surface area contributed by atoms with E-state index >= 15 is 0 Å². The average molecular weight is 330 g/mol. The summed E-state index contributed by atoms with van der Waals surface area (Å²) in [5.74, 6) is 1.29. The molecule has 1 aromatic rings. The summed E-state index contributed by atoms with van der Waals surface area (Å²) < 4.78 is 34.9. The normalized spacial score (nSPS) is 11.0. The fourth-order valence-electron chi connectivity index (χ4n) is 1.74. The van der Waals surface area contributed by atoms with Crippen LogP contribution in [0.3, 0.4) is 0 Å². The lowest BCUT2D eigenvalue weighted by Gasteiger charge is -2.21. The number of amides is 1. The monoisotopic (exact) mass is 330 g/mol. The second-order valence-electron chi connectivity index (χ2n) is 4.70. The minimum Gasteiger partial charge on any atom is -0.497 e. The largest absolute Gasteiger partial charge is 0.497 e. The molecule has 0 aliphatic carbocycles. The minimum atomic E-state index is -3.25. The zero-order valence-electron chi connectivity index (χ0n) is 13.0. The maximum absolute atomic E-state index is 11.5. The van der Waals surface area contributed by atoms with Crippen LogP contribution >= 0.6 is 0 Å². The Morgan fingerprint density at radius 2 is 1.77 bits per heavy atom. The highest BCUT2D eigenvalue weighted by Crippen LogP contribution is 2.16. The summed E-state index contributed by atoms with van der Waals surface area (Å²) in [6, 6.07) is 7.13. The number of ether oxygens (including phenoxy) is 2. The molecule has 0 aliphatic heterocycles. The molecule has 22 heavy (non-hydrogen) atoms. The van der Waals surface area contributed by atoms with E-state index in [-0.39, 0.29) is 12.5 Å². The first-order chi connectivity index (χ1) is 10.3.